The number of anilines is 1. The van der Waals surface area contributed by atoms with E-state index in [1.54, 1.807) is 0 Å². The van der Waals surface area contributed by atoms with Crippen molar-refractivity contribution in [3.63, 3.8) is 0 Å². The summed E-state index contributed by atoms with van der Waals surface area (Å²) in [5.41, 5.74) is 4.37. The normalized spacial score (nSPS) is 20.5. The van der Waals surface area contributed by atoms with Gasteiger partial charge in [-0.2, -0.15) is 0 Å². The molecule has 1 atom stereocenters. The van der Waals surface area contributed by atoms with Gasteiger partial charge in [-0.25, -0.2) is 0 Å². The topological polar surface area (TPSA) is 20.3 Å². The van der Waals surface area contributed by atoms with Crippen LogP contribution in [-0.2, 0) is 0 Å². The summed E-state index contributed by atoms with van der Waals surface area (Å²) in [5.74, 6) is 1.13. The van der Waals surface area contributed by atoms with Crippen LogP contribution in [0.2, 0.25) is 0 Å². The number of fused-ring (bicyclic) bond motifs is 2. The molecule has 2 aliphatic rings. The monoisotopic (exact) mass is 267 g/mol. The van der Waals surface area contributed by atoms with E-state index in [1.165, 1.54) is 5.56 Å². The second kappa shape index (κ2) is 4.14. The zero-order valence-electron chi connectivity index (χ0n) is 10.4. The molecule has 2 nitrogen and oxygen atoms in total. The molecule has 19 heavy (non-hydrogen) atoms. The Morgan fingerprint density at radius 1 is 1.00 bits per heavy atom. The second-order valence-corrected chi connectivity index (χ2v) is 6.07. The molecule has 0 fully saturated rings. The number of nitrogens with zero attached hydrogens (tertiary/aromatic N) is 1. The number of rotatable bonds is 0. The number of hydrogen-bond donors (Lipinski definition) is 0. The van der Waals surface area contributed by atoms with Crippen LogP contribution in [-0.4, -0.2) is 18.2 Å². The molecule has 0 aliphatic carbocycles. The van der Waals surface area contributed by atoms with Crippen molar-refractivity contribution < 1.29 is 4.79 Å². The molecule has 0 radical (unpaired) electrons. The molecule has 0 aromatic heterocycles. The van der Waals surface area contributed by atoms with Crippen molar-refractivity contribution in [3.05, 3.63) is 65.2 Å². The van der Waals surface area contributed by atoms with Crippen LogP contribution < -0.4 is 4.90 Å². The van der Waals surface area contributed by atoms with Gasteiger partial charge in [0, 0.05) is 23.5 Å². The predicted molar refractivity (Wildman–Crippen MR) is 78.9 cm³/mol. The van der Waals surface area contributed by atoms with Gasteiger partial charge in [0.15, 0.2) is 0 Å². The van der Waals surface area contributed by atoms with Crippen LogP contribution >= 0.6 is 11.8 Å². The quantitative estimate of drug-likeness (QED) is 0.728. The zero-order valence-corrected chi connectivity index (χ0v) is 11.2. The number of amides is 1. The highest BCUT2D eigenvalue weighted by molar-refractivity contribution is 7.99. The van der Waals surface area contributed by atoms with Gasteiger partial charge in [-0.05, 0) is 23.3 Å². The van der Waals surface area contributed by atoms with Gasteiger partial charge >= 0.3 is 0 Å². The van der Waals surface area contributed by atoms with E-state index in [0.717, 1.165) is 29.1 Å². The maximum absolute atomic E-state index is 12.7. The number of para-hydroxylation sites is 1. The van der Waals surface area contributed by atoms with Crippen LogP contribution in [0.25, 0.3) is 0 Å². The first-order chi connectivity index (χ1) is 9.36. The summed E-state index contributed by atoms with van der Waals surface area (Å²) in [6.07, 6.45) is 0. The molecule has 2 heterocycles. The van der Waals surface area contributed by atoms with Gasteiger partial charge < -0.3 is 4.90 Å². The molecule has 94 valence electrons. The van der Waals surface area contributed by atoms with E-state index < -0.39 is 0 Å². The van der Waals surface area contributed by atoms with Crippen LogP contribution in [0.5, 0.6) is 0 Å². The molecule has 1 amide bonds. The van der Waals surface area contributed by atoms with Crippen molar-refractivity contribution in [2.45, 2.75) is 5.25 Å². The van der Waals surface area contributed by atoms with Crippen LogP contribution in [0, 0.1) is 0 Å². The minimum atomic E-state index is 0.144. The molecule has 0 N–H and O–H groups in total. The minimum Gasteiger partial charge on any atom is -0.307 e. The zero-order chi connectivity index (χ0) is 12.8. The third-order valence-electron chi connectivity index (χ3n) is 3.83. The Morgan fingerprint density at radius 2 is 1.74 bits per heavy atom. The maximum atomic E-state index is 12.7. The predicted octanol–water partition coefficient (Wildman–Crippen LogP) is 3.48. The van der Waals surface area contributed by atoms with Gasteiger partial charge in [0.2, 0.25) is 0 Å². The average molecular weight is 267 g/mol. The Hall–Kier alpha value is -1.74. The van der Waals surface area contributed by atoms with Gasteiger partial charge in [-0.1, -0.05) is 36.4 Å². The summed E-state index contributed by atoms with van der Waals surface area (Å²) in [6, 6.07) is 16.3. The van der Waals surface area contributed by atoms with E-state index in [9.17, 15) is 4.79 Å². The van der Waals surface area contributed by atoms with Crippen molar-refractivity contribution in [2.24, 2.45) is 0 Å². The second-order valence-electron chi connectivity index (χ2n) is 4.85. The number of hydrogen-bond acceptors (Lipinski definition) is 2. The lowest BCUT2D eigenvalue weighted by Gasteiger charge is -2.22. The van der Waals surface area contributed by atoms with Crippen molar-refractivity contribution in [1.82, 2.24) is 0 Å². The Balaban J connectivity index is 2.06. The van der Waals surface area contributed by atoms with Gasteiger partial charge in [0.25, 0.3) is 5.91 Å². The highest BCUT2D eigenvalue weighted by Gasteiger charge is 2.34. The molecule has 3 heteroatoms. The fourth-order valence-corrected chi connectivity index (χ4v) is 4.25. The number of thioether (sulfide) groups is 1. The first-order valence-electron chi connectivity index (χ1n) is 6.47. The van der Waals surface area contributed by atoms with Crippen LogP contribution in [0.15, 0.2) is 48.5 Å². The molecular formula is C16H13NOS. The smallest absolute Gasteiger partial charge is 0.258 e. The standard InChI is InChI=1S/C16H13NOS/c18-16-12-6-2-1-5-11(12)15-13-7-3-4-8-14(13)17(16)9-10-19-15/h1-8,15H,9-10H2/t15-/m0/s1. The summed E-state index contributed by atoms with van der Waals surface area (Å²) < 4.78 is 0. The van der Waals surface area contributed by atoms with E-state index in [0.29, 0.717) is 0 Å². The lowest BCUT2D eigenvalue weighted by Crippen LogP contribution is -2.33. The first-order valence-corrected chi connectivity index (χ1v) is 7.52. The van der Waals surface area contributed by atoms with E-state index in [2.05, 4.69) is 24.3 Å². The van der Waals surface area contributed by atoms with Crippen molar-refractivity contribution in [3.8, 4) is 0 Å². The number of benzene rings is 2. The molecule has 0 saturated heterocycles. The Labute approximate surface area is 116 Å². The van der Waals surface area contributed by atoms with Crippen LogP contribution in [0.4, 0.5) is 5.69 Å². The number of carbonyl (C=O) groups excluding carboxylic acids is 1. The van der Waals surface area contributed by atoms with Crippen molar-refractivity contribution in [1.29, 1.82) is 0 Å². The highest BCUT2D eigenvalue weighted by atomic mass is 32.2. The van der Waals surface area contributed by atoms with Gasteiger partial charge in [-0.15, -0.1) is 11.8 Å². The fourth-order valence-electron chi connectivity index (χ4n) is 2.96. The Kier molecular flexibility index (Phi) is 2.42. The third-order valence-corrected chi connectivity index (χ3v) is 5.09. The van der Waals surface area contributed by atoms with Crippen LogP contribution in [0.1, 0.15) is 26.7 Å². The average Bonchev–Trinajstić information content (AvgIpc) is 2.70. The Morgan fingerprint density at radius 3 is 2.63 bits per heavy atom. The van der Waals surface area contributed by atoms with E-state index in [1.807, 2.05) is 40.9 Å². The van der Waals surface area contributed by atoms with Gasteiger partial charge in [0.1, 0.15) is 0 Å². The SMILES string of the molecule is O=C1c2ccccc2[C@@H]2SCCN1c1ccccc12. The van der Waals surface area contributed by atoms with Gasteiger partial charge in [0.05, 0.1) is 5.25 Å². The van der Waals surface area contributed by atoms with E-state index in [-0.39, 0.29) is 11.2 Å². The molecule has 4 rings (SSSR count). The number of carbonyl (C=O) groups is 1. The molecule has 2 aromatic rings. The van der Waals surface area contributed by atoms with E-state index >= 15 is 0 Å². The molecule has 2 aliphatic heterocycles. The summed E-state index contributed by atoms with van der Waals surface area (Å²) in [6.45, 7) is 0.797. The summed E-state index contributed by atoms with van der Waals surface area (Å²) in [7, 11) is 0. The molecule has 0 unspecified atom stereocenters. The highest BCUT2D eigenvalue weighted by Crippen LogP contribution is 2.46. The molecule has 2 bridgehead atoms. The lowest BCUT2D eigenvalue weighted by molar-refractivity contribution is 0.0988. The van der Waals surface area contributed by atoms with Crippen molar-refractivity contribution >= 4 is 23.4 Å². The van der Waals surface area contributed by atoms with Crippen molar-refractivity contribution in [2.75, 3.05) is 17.2 Å². The lowest BCUT2D eigenvalue weighted by atomic mass is 10.00. The molecule has 2 aromatic carbocycles. The minimum absolute atomic E-state index is 0.144. The fraction of sp³-hybridized carbons (Fsp3) is 0.188. The molecular weight excluding hydrogens is 254 g/mol. The summed E-state index contributed by atoms with van der Waals surface area (Å²) in [5, 5.41) is 0.281. The van der Waals surface area contributed by atoms with Gasteiger partial charge in [-0.3, -0.25) is 4.79 Å². The summed E-state index contributed by atoms with van der Waals surface area (Å²) >= 11 is 1.93. The summed E-state index contributed by atoms with van der Waals surface area (Å²) in [4.78, 5) is 14.7. The van der Waals surface area contributed by atoms with Crippen LogP contribution in [0.3, 0.4) is 0 Å². The Bertz CT molecular complexity index is 667. The van der Waals surface area contributed by atoms with E-state index in [4.69, 9.17) is 0 Å². The largest absolute Gasteiger partial charge is 0.307 e. The maximum Gasteiger partial charge on any atom is 0.258 e. The first kappa shape index (κ1) is 11.1. The third kappa shape index (κ3) is 1.55. The molecule has 0 spiro atoms. The molecule has 0 saturated carbocycles.